The number of hydrogen-bond acceptors (Lipinski definition) is 2. The summed E-state index contributed by atoms with van der Waals surface area (Å²) in [6.45, 7) is 4.01. The molecule has 3 rings (SSSR count). The third-order valence-electron chi connectivity index (χ3n) is 3.85. The molecule has 23 heavy (non-hydrogen) atoms. The number of nitrogens with zero attached hydrogens (tertiary/aromatic N) is 2. The first kappa shape index (κ1) is 16.0. The van der Waals surface area contributed by atoms with Gasteiger partial charge in [-0.25, -0.2) is 0 Å². The Kier molecular flexibility index (Phi) is 4.37. The van der Waals surface area contributed by atoms with Crippen molar-refractivity contribution >= 4 is 39.1 Å². The second-order valence-corrected chi connectivity index (χ2v) is 7.05. The molecular formula is C18H17ClN2OS. The van der Waals surface area contributed by atoms with Crippen LogP contribution in [0.2, 0.25) is 5.02 Å². The van der Waals surface area contributed by atoms with E-state index in [4.69, 9.17) is 11.6 Å². The van der Waals surface area contributed by atoms with E-state index in [1.54, 1.807) is 0 Å². The van der Waals surface area contributed by atoms with Crippen LogP contribution in [0, 0.1) is 13.8 Å². The molecule has 0 aliphatic rings. The summed E-state index contributed by atoms with van der Waals surface area (Å²) in [6, 6.07) is 11.8. The fourth-order valence-electron chi connectivity index (χ4n) is 2.54. The summed E-state index contributed by atoms with van der Waals surface area (Å²) < 4.78 is 3.02. The quantitative estimate of drug-likeness (QED) is 0.686. The summed E-state index contributed by atoms with van der Waals surface area (Å²) in [7, 11) is 1.92. The lowest BCUT2D eigenvalue weighted by atomic mass is 10.1. The molecular weight excluding hydrogens is 328 g/mol. The van der Waals surface area contributed by atoms with Crippen LogP contribution in [-0.2, 0) is 18.3 Å². The third kappa shape index (κ3) is 3.23. The van der Waals surface area contributed by atoms with Crippen LogP contribution in [0.3, 0.4) is 0 Å². The lowest BCUT2D eigenvalue weighted by molar-refractivity contribution is -0.117. The van der Waals surface area contributed by atoms with E-state index in [2.05, 4.69) is 4.99 Å². The number of benzene rings is 2. The van der Waals surface area contributed by atoms with Crippen molar-refractivity contribution in [1.29, 1.82) is 0 Å². The maximum absolute atomic E-state index is 12.2. The van der Waals surface area contributed by atoms with Gasteiger partial charge in [0.1, 0.15) is 0 Å². The molecule has 1 amide bonds. The number of halogens is 1. The molecule has 0 fully saturated rings. The minimum atomic E-state index is -0.139. The summed E-state index contributed by atoms with van der Waals surface area (Å²) in [6.07, 6.45) is 0.314. The minimum absolute atomic E-state index is 0.139. The molecule has 0 N–H and O–H groups in total. The lowest BCUT2D eigenvalue weighted by Crippen LogP contribution is -2.14. The fraction of sp³-hybridized carbons (Fsp3) is 0.222. The SMILES string of the molecule is Cc1ccc(CC(=O)N=c2sc3ccc(Cl)c(C)c3n2C)cc1. The topological polar surface area (TPSA) is 34.4 Å². The highest BCUT2D eigenvalue weighted by molar-refractivity contribution is 7.16. The van der Waals surface area contributed by atoms with E-state index in [9.17, 15) is 4.79 Å². The highest BCUT2D eigenvalue weighted by Crippen LogP contribution is 2.26. The first-order valence-corrected chi connectivity index (χ1v) is 8.53. The van der Waals surface area contributed by atoms with Crippen molar-refractivity contribution in [3.05, 3.63) is 62.9 Å². The second-order valence-electron chi connectivity index (χ2n) is 5.63. The van der Waals surface area contributed by atoms with Crippen molar-refractivity contribution in [2.75, 3.05) is 0 Å². The smallest absolute Gasteiger partial charge is 0.252 e. The Morgan fingerprint density at radius 2 is 1.87 bits per heavy atom. The van der Waals surface area contributed by atoms with Crippen LogP contribution in [-0.4, -0.2) is 10.5 Å². The zero-order valence-electron chi connectivity index (χ0n) is 13.3. The van der Waals surface area contributed by atoms with Gasteiger partial charge in [-0.05, 0) is 37.1 Å². The largest absolute Gasteiger partial charge is 0.319 e. The van der Waals surface area contributed by atoms with Crippen molar-refractivity contribution in [3.63, 3.8) is 0 Å². The van der Waals surface area contributed by atoms with E-state index in [-0.39, 0.29) is 5.91 Å². The zero-order chi connectivity index (χ0) is 16.6. The molecule has 0 saturated heterocycles. The lowest BCUT2D eigenvalue weighted by Gasteiger charge is -2.02. The van der Waals surface area contributed by atoms with Crippen molar-refractivity contribution < 1.29 is 4.79 Å². The number of thiazole rings is 1. The number of aromatic nitrogens is 1. The molecule has 3 aromatic rings. The zero-order valence-corrected chi connectivity index (χ0v) is 14.8. The molecule has 1 aromatic heterocycles. The molecule has 0 spiro atoms. The Bertz CT molecular complexity index is 952. The van der Waals surface area contributed by atoms with Crippen molar-refractivity contribution in [2.45, 2.75) is 20.3 Å². The van der Waals surface area contributed by atoms with Crippen LogP contribution in [0.25, 0.3) is 10.2 Å². The van der Waals surface area contributed by atoms with Crippen molar-refractivity contribution in [3.8, 4) is 0 Å². The van der Waals surface area contributed by atoms with E-state index in [0.717, 1.165) is 26.4 Å². The number of amides is 1. The van der Waals surface area contributed by atoms with Gasteiger partial charge in [-0.15, -0.1) is 0 Å². The Morgan fingerprint density at radius 1 is 1.17 bits per heavy atom. The van der Waals surface area contributed by atoms with E-state index in [1.807, 2.05) is 61.9 Å². The summed E-state index contributed by atoms with van der Waals surface area (Å²) in [4.78, 5) is 17.2. The molecule has 0 unspecified atom stereocenters. The highest BCUT2D eigenvalue weighted by atomic mass is 35.5. The van der Waals surface area contributed by atoms with Crippen LogP contribution in [0.5, 0.6) is 0 Å². The van der Waals surface area contributed by atoms with Gasteiger partial charge in [-0.3, -0.25) is 4.79 Å². The van der Waals surface area contributed by atoms with Crippen molar-refractivity contribution in [2.24, 2.45) is 12.0 Å². The van der Waals surface area contributed by atoms with Crippen LogP contribution in [0.4, 0.5) is 0 Å². The molecule has 0 bridgehead atoms. The first-order chi connectivity index (χ1) is 11.0. The fourth-order valence-corrected chi connectivity index (χ4v) is 3.78. The van der Waals surface area contributed by atoms with Gasteiger partial charge in [0.25, 0.3) is 5.91 Å². The average molecular weight is 345 g/mol. The van der Waals surface area contributed by atoms with Gasteiger partial charge in [0.05, 0.1) is 16.6 Å². The Hall–Kier alpha value is -1.91. The molecule has 0 atom stereocenters. The molecule has 1 heterocycles. The summed E-state index contributed by atoms with van der Waals surface area (Å²) in [5.74, 6) is -0.139. The summed E-state index contributed by atoms with van der Waals surface area (Å²) in [5.41, 5.74) is 4.20. The second kappa shape index (κ2) is 6.30. The van der Waals surface area contributed by atoms with E-state index < -0.39 is 0 Å². The molecule has 118 valence electrons. The third-order valence-corrected chi connectivity index (χ3v) is 5.35. The number of aryl methyl sites for hydroxylation is 3. The number of carbonyl (C=O) groups excluding carboxylic acids is 1. The van der Waals surface area contributed by atoms with Gasteiger partial charge in [0.15, 0.2) is 4.80 Å². The number of hydrogen-bond donors (Lipinski definition) is 0. The minimum Gasteiger partial charge on any atom is -0.319 e. The molecule has 5 heteroatoms. The van der Waals surface area contributed by atoms with Gasteiger partial charge in [-0.2, -0.15) is 4.99 Å². The van der Waals surface area contributed by atoms with E-state index in [1.165, 1.54) is 16.9 Å². The van der Waals surface area contributed by atoms with Crippen LogP contribution in [0.1, 0.15) is 16.7 Å². The Morgan fingerprint density at radius 3 is 2.57 bits per heavy atom. The van der Waals surface area contributed by atoms with Crippen molar-refractivity contribution in [1.82, 2.24) is 4.57 Å². The Balaban J connectivity index is 1.97. The van der Waals surface area contributed by atoms with Gasteiger partial charge in [-0.1, -0.05) is 52.8 Å². The molecule has 0 radical (unpaired) electrons. The molecule has 3 nitrogen and oxygen atoms in total. The van der Waals surface area contributed by atoms with E-state index in [0.29, 0.717) is 11.2 Å². The summed E-state index contributed by atoms with van der Waals surface area (Å²) in [5, 5.41) is 0.725. The average Bonchev–Trinajstić information content (AvgIpc) is 2.82. The van der Waals surface area contributed by atoms with Crippen LogP contribution < -0.4 is 4.80 Å². The maximum Gasteiger partial charge on any atom is 0.252 e. The normalized spacial score (nSPS) is 12.1. The van der Waals surface area contributed by atoms with Gasteiger partial charge < -0.3 is 4.57 Å². The summed E-state index contributed by atoms with van der Waals surface area (Å²) >= 11 is 7.69. The predicted molar refractivity (Wildman–Crippen MR) is 96.0 cm³/mol. The molecule has 2 aromatic carbocycles. The number of fused-ring (bicyclic) bond motifs is 1. The Labute approximate surface area is 143 Å². The van der Waals surface area contributed by atoms with Gasteiger partial charge in [0.2, 0.25) is 0 Å². The molecule has 0 aliphatic heterocycles. The van der Waals surface area contributed by atoms with E-state index >= 15 is 0 Å². The number of carbonyl (C=O) groups is 1. The van der Waals surface area contributed by atoms with Crippen LogP contribution >= 0.6 is 22.9 Å². The van der Waals surface area contributed by atoms with Gasteiger partial charge >= 0.3 is 0 Å². The maximum atomic E-state index is 12.2. The molecule has 0 aliphatic carbocycles. The highest BCUT2D eigenvalue weighted by Gasteiger charge is 2.10. The first-order valence-electron chi connectivity index (χ1n) is 7.33. The predicted octanol–water partition coefficient (Wildman–Crippen LogP) is 4.18. The molecule has 0 saturated carbocycles. The standard InChI is InChI=1S/C18H17ClN2OS/c1-11-4-6-13(7-5-11)10-16(22)20-18-21(3)17-12(2)14(19)8-9-15(17)23-18/h4-9H,10H2,1-3H3. The van der Waals surface area contributed by atoms with Gasteiger partial charge in [0, 0.05) is 12.1 Å². The van der Waals surface area contributed by atoms with Crippen LogP contribution in [0.15, 0.2) is 41.4 Å². The number of rotatable bonds is 2. The monoisotopic (exact) mass is 344 g/mol.